The van der Waals surface area contributed by atoms with Crippen molar-refractivity contribution in [2.75, 3.05) is 12.3 Å². The number of sulfone groups is 1. The predicted molar refractivity (Wildman–Crippen MR) is 126 cm³/mol. The molecule has 2 aliphatic rings. The number of fused-ring (bicyclic) bond motifs is 2. The molecule has 0 fully saturated rings. The van der Waals surface area contributed by atoms with Crippen LogP contribution in [0.25, 0.3) is 0 Å². The third kappa shape index (κ3) is 5.38. The van der Waals surface area contributed by atoms with Crippen molar-refractivity contribution in [2.45, 2.75) is 71.2 Å². The number of benzene rings is 2. The van der Waals surface area contributed by atoms with Gasteiger partial charge in [0.15, 0.2) is 9.84 Å². The molecule has 5 heteroatoms. The highest BCUT2D eigenvalue weighted by Gasteiger charge is 2.26. The van der Waals surface area contributed by atoms with Gasteiger partial charge in [-0.3, -0.25) is 4.79 Å². The zero-order chi connectivity index (χ0) is 22.8. The summed E-state index contributed by atoms with van der Waals surface area (Å²) >= 11 is 0. The summed E-state index contributed by atoms with van der Waals surface area (Å²) in [5.74, 6) is 1.05. The lowest BCUT2D eigenvalue weighted by atomic mass is 9.96. The Morgan fingerprint density at radius 1 is 0.968 bits per heavy atom. The quantitative estimate of drug-likeness (QED) is 0.679. The Kier molecular flexibility index (Phi) is 7.25. The van der Waals surface area contributed by atoms with Crippen LogP contribution >= 0.6 is 0 Å². The normalized spacial score (nSPS) is 16.5. The van der Waals surface area contributed by atoms with Gasteiger partial charge in [0.25, 0.3) is 0 Å². The maximum Gasteiger partial charge on any atom is 0.225 e. The summed E-state index contributed by atoms with van der Waals surface area (Å²) in [6, 6.07) is 12.5. The molecule has 4 nitrogen and oxygen atoms in total. The molecule has 0 saturated heterocycles. The first-order valence-corrected chi connectivity index (χ1v) is 13.0. The molecule has 0 aromatic heterocycles. The third-order valence-corrected chi connectivity index (χ3v) is 8.02. The van der Waals surface area contributed by atoms with Crippen LogP contribution in [0.15, 0.2) is 41.3 Å². The lowest BCUT2D eigenvalue weighted by Gasteiger charge is -2.30. The average Bonchev–Trinajstić information content (AvgIpc) is 3.06. The molecule has 4 rings (SSSR count). The fraction of sp³-hybridized carbons (Fsp3) is 0.500. The fourth-order valence-corrected chi connectivity index (χ4v) is 5.76. The molecule has 0 radical (unpaired) electrons. The Bertz CT molecular complexity index is 1050. The van der Waals surface area contributed by atoms with Gasteiger partial charge in [0.2, 0.25) is 5.91 Å². The molecule has 0 bridgehead atoms. The van der Waals surface area contributed by atoms with Crippen molar-refractivity contribution < 1.29 is 13.2 Å². The molecule has 0 unspecified atom stereocenters. The van der Waals surface area contributed by atoms with Crippen LogP contribution in [0.3, 0.4) is 0 Å². The predicted octanol–water partition coefficient (Wildman–Crippen LogP) is 4.93. The van der Waals surface area contributed by atoms with Crippen LogP contribution in [0.1, 0.15) is 68.4 Å². The topological polar surface area (TPSA) is 54.5 Å². The van der Waals surface area contributed by atoms with E-state index in [1.165, 1.54) is 16.7 Å². The van der Waals surface area contributed by atoms with Crippen LogP contribution in [0.2, 0.25) is 0 Å². The van der Waals surface area contributed by atoms with Gasteiger partial charge in [0.1, 0.15) is 0 Å². The Morgan fingerprint density at radius 2 is 1.68 bits per heavy atom. The molecule has 0 spiro atoms. The second kappa shape index (κ2) is 9.56. The molecule has 0 N–H and O–H groups in total. The van der Waals surface area contributed by atoms with E-state index in [4.69, 9.17) is 0 Å². The number of rotatable bonds is 3. The smallest absolute Gasteiger partial charge is 0.225 e. The molecular formula is C26H35NO3S. The molecule has 2 heterocycles. The summed E-state index contributed by atoms with van der Waals surface area (Å²) in [6.45, 7) is 11.9. The molecule has 2 aliphatic heterocycles. The zero-order valence-electron chi connectivity index (χ0n) is 19.4. The summed E-state index contributed by atoms with van der Waals surface area (Å²) in [4.78, 5) is 14.5. The van der Waals surface area contributed by atoms with Gasteiger partial charge < -0.3 is 4.90 Å². The monoisotopic (exact) mass is 441 g/mol. The average molecular weight is 442 g/mol. The van der Waals surface area contributed by atoms with Gasteiger partial charge >= 0.3 is 0 Å². The van der Waals surface area contributed by atoms with Crippen LogP contribution in [0.5, 0.6) is 0 Å². The number of aryl methyl sites for hydroxylation is 2. The minimum Gasteiger partial charge on any atom is -0.338 e. The zero-order valence-corrected chi connectivity index (χ0v) is 20.3. The first-order chi connectivity index (χ1) is 14.6. The van der Waals surface area contributed by atoms with Crippen LogP contribution in [0.4, 0.5) is 0 Å². The molecule has 168 valence electrons. The van der Waals surface area contributed by atoms with E-state index >= 15 is 0 Å². The lowest BCUT2D eigenvalue weighted by Crippen LogP contribution is -2.38. The van der Waals surface area contributed by atoms with Gasteiger partial charge in [0, 0.05) is 19.0 Å². The Morgan fingerprint density at radius 3 is 2.32 bits per heavy atom. The highest BCUT2D eigenvalue weighted by molar-refractivity contribution is 7.91. The first-order valence-electron chi connectivity index (χ1n) is 11.4. The van der Waals surface area contributed by atoms with Crippen molar-refractivity contribution in [3.8, 4) is 0 Å². The van der Waals surface area contributed by atoms with Gasteiger partial charge in [-0.1, -0.05) is 65.0 Å². The van der Waals surface area contributed by atoms with Crippen molar-refractivity contribution in [2.24, 2.45) is 5.92 Å². The fourth-order valence-electron chi connectivity index (χ4n) is 4.16. The van der Waals surface area contributed by atoms with Crippen molar-refractivity contribution in [3.63, 3.8) is 0 Å². The van der Waals surface area contributed by atoms with Crippen molar-refractivity contribution in [3.05, 3.63) is 64.2 Å². The van der Waals surface area contributed by atoms with Gasteiger partial charge in [0.05, 0.1) is 10.6 Å². The molecule has 2 aromatic carbocycles. The number of carbonyl (C=O) groups excluding carboxylic acids is 1. The van der Waals surface area contributed by atoms with E-state index in [1.54, 1.807) is 0 Å². The highest BCUT2D eigenvalue weighted by Crippen LogP contribution is 2.29. The van der Waals surface area contributed by atoms with E-state index in [-0.39, 0.29) is 17.6 Å². The van der Waals surface area contributed by atoms with Crippen LogP contribution in [0, 0.1) is 5.92 Å². The van der Waals surface area contributed by atoms with E-state index in [2.05, 4.69) is 39.0 Å². The Labute approximate surface area is 187 Å². The van der Waals surface area contributed by atoms with E-state index in [9.17, 15) is 13.2 Å². The van der Waals surface area contributed by atoms with Crippen molar-refractivity contribution in [1.29, 1.82) is 0 Å². The van der Waals surface area contributed by atoms with E-state index in [0.29, 0.717) is 17.2 Å². The summed E-state index contributed by atoms with van der Waals surface area (Å²) in [5, 5.41) is 0. The van der Waals surface area contributed by atoms with E-state index in [1.807, 2.05) is 36.9 Å². The first kappa shape index (κ1) is 23.5. The highest BCUT2D eigenvalue weighted by atomic mass is 32.2. The molecule has 2 aromatic rings. The molecule has 0 aliphatic carbocycles. The van der Waals surface area contributed by atoms with Crippen LogP contribution < -0.4 is 0 Å². The molecule has 0 atom stereocenters. The Balaban J connectivity index is 0.000000179. The van der Waals surface area contributed by atoms with Gasteiger partial charge in [-0.2, -0.15) is 0 Å². The standard InChI is InChI=1S/C15H21NO.C11H14O2S/c1-4-12-5-6-13-7-8-16(10-14(13)9-12)15(17)11(2)3;1-8(2)10-4-3-9-5-6-14(12,13)11(9)7-10/h5-6,9,11H,4,7-8,10H2,1-3H3;3-4,7-8H,5-6H2,1-2H3. The maximum atomic E-state index is 12.0. The summed E-state index contributed by atoms with van der Waals surface area (Å²) in [7, 11) is -2.96. The number of hydrogen-bond acceptors (Lipinski definition) is 3. The molecule has 31 heavy (non-hydrogen) atoms. The Hall–Kier alpha value is -2.14. The number of nitrogens with zero attached hydrogens (tertiary/aromatic N) is 1. The third-order valence-electron chi connectivity index (χ3n) is 6.23. The molecular weight excluding hydrogens is 406 g/mol. The van der Waals surface area contributed by atoms with Crippen LogP contribution in [-0.2, 0) is 40.4 Å². The SMILES string of the molecule is CC(C)c1ccc2c(c1)S(=O)(=O)CC2.CCc1ccc2c(c1)CN(C(=O)C(C)C)CC2. The summed E-state index contributed by atoms with van der Waals surface area (Å²) in [5.41, 5.74) is 6.20. The van der Waals surface area contributed by atoms with Gasteiger partial charge in [-0.05, 0) is 59.1 Å². The van der Waals surface area contributed by atoms with Crippen LogP contribution in [-0.4, -0.2) is 31.5 Å². The lowest BCUT2D eigenvalue weighted by molar-refractivity contribution is -0.135. The summed E-state index contributed by atoms with van der Waals surface area (Å²) < 4.78 is 23.3. The van der Waals surface area contributed by atoms with Crippen molar-refractivity contribution >= 4 is 15.7 Å². The largest absolute Gasteiger partial charge is 0.338 e. The van der Waals surface area contributed by atoms with Gasteiger partial charge in [-0.25, -0.2) is 8.42 Å². The second-order valence-corrected chi connectivity index (χ2v) is 11.3. The maximum absolute atomic E-state index is 12.0. The van der Waals surface area contributed by atoms with Crippen molar-refractivity contribution in [1.82, 2.24) is 4.90 Å². The van der Waals surface area contributed by atoms with E-state index < -0.39 is 9.84 Å². The number of amides is 1. The molecule has 0 saturated carbocycles. The minimum atomic E-state index is -2.96. The summed E-state index contributed by atoms with van der Waals surface area (Å²) in [6.07, 6.45) is 2.74. The van der Waals surface area contributed by atoms with Gasteiger partial charge in [-0.15, -0.1) is 0 Å². The van der Waals surface area contributed by atoms with E-state index in [0.717, 1.165) is 37.1 Å². The molecule has 1 amide bonds. The second-order valence-electron chi connectivity index (χ2n) is 9.21. The minimum absolute atomic E-state index is 0.103. The number of hydrogen-bond donors (Lipinski definition) is 0. The number of carbonyl (C=O) groups is 1.